The Hall–Kier alpha value is -1.03. The van der Waals surface area contributed by atoms with Gasteiger partial charge in [-0.25, -0.2) is 10.8 Å². The summed E-state index contributed by atoms with van der Waals surface area (Å²) in [6.45, 7) is 0. The minimum Gasteiger partial charge on any atom is -0.384 e. The Bertz CT molecular complexity index is 214. The van der Waals surface area contributed by atoms with E-state index in [1.54, 1.807) is 17.3 Å². The Morgan fingerprint density at radius 2 is 2.30 bits per heavy atom. The van der Waals surface area contributed by atoms with Gasteiger partial charge in [-0.1, -0.05) is 0 Å². The van der Waals surface area contributed by atoms with Gasteiger partial charge in [0, 0.05) is 6.20 Å². The molecule has 1 spiro atoms. The second kappa shape index (κ2) is 1.52. The number of nitrogens with two attached hydrogens (primary N) is 2. The van der Waals surface area contributed by atoms with Gasteiger partial charge in [-0.15, -0.1) is 0 Å². The van der Waals surface area contributed by atoms with Crippen LogP contribution in [0.4, 0.5) is 0 Å². The molecule has 1 aliphatic carbocycles. The van der Waals surface area contributed by atoms with E-state index in [-0.39, 0.29) is 5.66 Å². The lowest BCUT2D eigenvalue weighted by Crippen LogP contribution is -2.41. The monoisotopic (exact) mass is 138 g/mol. The normalized spacial score (nSPS) is 26.9. The van der Waals surface area contributed by atoms with E-state index in [0.29, 0.717) is 5.84 Å². The highest BCUT2D eigenvalue weighted by Crippen LogP contribution is 2.42. The van der Waals surface area contributed by atoms with Gasteiger partial charge < -0.3 is 5.73 Å². The molecule has 1 saturated carbocycles. The van der Waals surface area contributed by atoms with Crippen LogP contribution in [0.15, 0.2) is 17.3 Å². The molecule has 4 nitrogen and oxygen atoms in total. The summed E-state index contributed by atoms with van der Waals surface area (Å²) in [6.07, 6.45) is 5.53. The number of amidine groups is 1. The van der Waals surface area contributed by atoms with Crippen LogP contribution in [0.3, 0.4) is 0 Å². The highest BCUT2D eigenvalue weighted by Gasteiger charge is 2.47. The van der Waals surface area contributed by atoms with E-state index in [2.05, 4.69) is 4.99 Å². The summed E-state index contributed by atoms with van der Waals surface area (Å²) in [5.41, 5.74) is 5.34. The van der Waals surface area contributed by atoms with Gasteiger partial charge in [-0.05, 0) is 18.9 Å². The first kappa shape index (κ1) is 5.73. The van der Waals surface area contributed by atoms with Crippen molar-refractivity contribution in [3.05, 3.63) is 12.3 Å². The lowest BCUT2D eigenvalue weighted by molar-refractivity contribution is 0.267. The van der Waals surface area contributed by atoms with E-state index >= 15 is 0 Å². The Balaban J connectivity index is 2.29. The van der Waals surface area contributed by atoms with Gasteiger partial charge in [0.15, 0.2) is 0 Å². The van der Waals surface area contributed by atoms with Crippen molar-refractivity contribution in [1.29, 1.82) is 0 Å². The molecular weight excluding hydrogens is 128 g/mol. The third-order valence-electron chi connectivity index (χ3n) is 1.92. The average molecular weight is 138 g/mol. The summed E-state index contributed by atoms with van der Waals surface area (Å²) in [4.78, 5) is 4.22. The molecule has 0 aromatic carbocycles. The molecule has 1 aliphatic heterocycles. The van der Waals surface area contributed by atoms with Crippen LogP contribution in [0.25, 0.3) is 0 Å². The first-order chi connectivity index (χ1) is 4.73. The molecule has 4 N–H and O–H groups in total. The quantitative estimate of drug-likeness (QED) is 0.445. The van der Waals surface area contributed by atoms with E-state index in [0.717, 1.165) is 12.8 Å². The lowest BCUT2D eigenvalue weighted by Gasteiger charge is -2.25. The molecule has 0 unspecified atom stereocenters. The molecule has 0 radical (unpaired) electrons. The third-order valence-corrected chi connectivity index (χ3v) is 1.92. The van der Waals surface area contributed by atoms with Crippen LogP contribution in [-0.2, 0) is 0 Å². The molecule has 4 heteroatoms. The van der Waals surface area contributed by atoms with Crippen molar-refractivity contribution in [1.82, 2.24) is 5.01 Å². The second-order valence-corrected chi connectivity index (χ2v) is 2.74. The predicted molar refractivity (Wildman–Crippen MR) is 38.8 cm³/mol. The highest BCUT2D eigenvalue weighted by molar-refractivity contribution is 5.92. The smallest absolute Gasteiger partial charge is 0.147 e. The Labute approximate surface area is 59.2 Å². The van der Waals surface area contributed by atoms with Crippen molar-refractivity contribution in [2.24, 2.45) is 16.6 Å². The van der Waals surface area contributed by atoms with Crippen LogP contribution in [0, 0.1) is 0 Å². The van der Waals surface area contributed by atoms with Crippen LogP contribution in [-0.4, -0.2) is 16.5 Å². The summed E-state index contributed by atoms with van der Waals surface area (Å²) in [7, 11) is 0. The number of nitrogens with zero attached hydrogens (tertiary/aromatic N) is 2. The molecule has 1 fully saturated rings. The molecular formula is C6H10N4. The average Bonchev–Trinajstić information content (AvgIpc) is 2.62. The van der Waals surface area contributed by atoms with Gasteiger partial charge >= 0.3 is 0 Å². The zero-order valence-corrected chi connectivity index (χ0v) is 5.62. The first-order valence-electron chi connectivity index (χ1n) is 3.31. The third kappa shape index (κ3) is 0.623. The molecule has 0 bridgehead atoms. The molecule has 2 aliphatic rings. The zero-order chi connectivity index (χ0) is 7.19. The Morgan fingerprint density at radius 3 is 2.80 bits per heavy atom. The zero-order valence-electron chi connectivity index (χ0n) is 5.62. The summed E-state index contributed by atoms with van der Waals surface area (Å²) in [5, 5.41) is 1.63. The fourth-order valence-electron chi connectivity index (χ4n) is 1.11. The predicted octanol–water partition coefficient (Wildman–Crippen LogP) is -0.463. The fraction of sp³-hybridized carbons (Fsp3) is 0.500. The van der Waals surface area contributed by atoms with Crippen LogP contribution >= 0.6 is 0 Å². The van der Waals surface area contributed by atoms with E-state index in [4.69, 9.17) is 11.6 Å². The first-order valence-corrected chi connectivity index (χ1v) is 3.31. The van der Waals surface area contributed by atoms with Crippen molar-refractivity contribution in [3.8, 4) is 0 Å². The van der Waals surface area contributed by atoms with E-state index in [9.17, 15) is 0 Å². The SMILES string of the molecule is NC1=NC2(CC2)N(N)C=C1. The number of rotatable bonds is 0. The van der Waals surface area contributed by atoms with Crippen molar-refractivity contribution in [2.45, 2.75) is 18.5 Å². The van der Waals surface area contributed by atoms with Gasteiger partial charge in [0.2, 0.25) is 0 Å². The van der Waals surface area contributed by atoms with Crippen molar-refractivity contribution in [2.75, 3.05) is 0 Å². The maximum Gasteiger partial charge on any atom is 0.147 e. The molecule has 2 rings (SSSR count). The van der Waals surface area contributed by atoms with Crippen molar-refractivity contribution >= 4 is 5.84 Å². The minimum atomic E-state index is -0.154. The minimum absolute atomic E-state index is 0.154. The number of hydrogen-bond acceptors (Lipinski definition) is 4. The van der Waals surface area contributed by atoms with Gasteiger partial charge in [-0.3, -0.25) is 5.01 Å². The van der Waals surface area contributed by atoms with Crippen LogP contribution in [0.2, 0.25) is 0 Å². The summed E-state index contributed by atoms with van der Waals surface area (Å²) < 4.78 is 0. The molecule has 0 aromatic heterocycles. The molecule has 54 valence electrons. The number of aliphatic imine (C=N–C) groups is 1. The summed E-state index contributed by atoms with van der Waals surface area (Å²) in [5.74, 6) is 6.20. The van der Waals surface area contributed by atoms with Crippen molar-refractivity contribution in [3.63, 3.8) is 0 Å². The Kier molecular flexibility index (Phi) is 0.870. The van der Waals surface area contributed by atoms with Gasteiger partial charge in [-0.2, -0.15) is 0 Å². The van der Waals surface area contributed by atoms with Gasteiger partial charge in [0.05, 0.1) is 0 Å². The highest BCUT2D eigenvalue weighted by atomic mass is 15.5. The largest absolute Gasteiger partial charge is 0.384 e. The topological polar surface area (TPSA) is 67.6 Å². The molecule has 1 heterocycles. The summed E-state index contributed by atoms with van der Waals surface area (Å²) >= 11 is 0. The second-order valence-electron chi connectivity index (χ2n) is 2.74. The standard InChI is InChI=1S/C6H10N4/c7-5-1-4-10(8)6(9-5)2-3-6/h1,4H,2-3,8H2,(H2,7,9). The molecule has 0 amide bonds. The van der Waals surface area contributed by atoms with Gasteiger partial charge in [0.25, 0.3) is 0 Å². The van der Waals surface area contributed by atoms with Crippen LogP contribution in [0.5, 0.6) is 0 Å². The maximum atomic E-state index is 5.62. The summed E-state index contributed by atoms with van der Waals surface area (Å²) in [6, 6.07) is 0. The lowest BCUT2D eigenvalue weighted by atomic mass is 10.4. The Morgan fingerprint density at radius 1 is 1.60 bits per heavy atom. The molecule has 10 heavy (non-hydrogen) atoms. The fourth-order valence-corrected chi connectivity index (χ4v) is 1.11. The van der Waals surface area contributed by atoms with Crippen LogP contribution in [0.1, 0.15) is 12.8 Å². The van der Waals surface area contributed by atoms with Crippen LogP contribution < -0.4 is 11.6 Å². The molecule has 0 saturated heterocycles. The van der Waals surface area contributed by atoms with E-state index < -0.39 is 0 Å². The number of hydrogen-bond donors (Lipinski definition) is 2. The van der Waals surface area contributed by atoms with E-state index in [1.807, 2.05) is 0 Å². The van der Waals surface area contributed by atoms with Gasteiger partial charge in [0.1, 0.15) is 11.5 Å². The number of hydrazine groups is 1. The van der Waals surface area contributed by atoms with E-state index in [1.165, 1.54) is 0 Å². The maximum absolute atomic E-state index is 5.62. The molecule has 0 aromatic rings. The van der Waals surface area contributed by atoms with Crippen molar-refractivity contribution < 1.29 is 0 Å². The molecule has 0 atom stereocenters.